The van der Waals surface area contributed by atoms with Crippen molar-refractivity contribution in [1.82, 2.24) is 0 Å². The maximum Gasteiger partial charge on any atom is 0.310 e. The van der Waals surface area contributed by atoms with E-state index in [0.717, 1.165) is 4.47 Å². The zero-order valence-corrected chi connectivity index (χ0v) is 9.17. The summed E-state index contributed by atoms with van der Waals surface area (Å²) in [6.07, 6.45) is 0.132. The minimum absolute atomic E-state index is 0.132. The van der Waals surface area contributed by atoms with Gasteiger partial charge in [-0.3, -0.25) is 15.5 Å². The summed E-state index contributed by atoms with van der Waals surface area (Å²) in [6.45, 7) is 0. The number of methoxy groups -OCH3 is 1. The van der Waals surface area contributed by atoms with Gasteiger partial charge in [-0.15, -0.1) is 0 Å². The average molecular weight is 260 g/mol. The maximum absolute atomic E-state index is 11.0. The molecule has 1 aromatic rings. The first-order chi connectivity index (χ1) is 6.67. The lowest BCUT2D eigenvalue weighted by molar-refractivity contribution is -0.139. The summed E-state index contributed by atoms with van der Waals surface area (Å²) >= 11 is 3.25. The third-order valence-electron chi connectivity index (χ3n) is 1.75. The van der Waals surface area contributed by atoms with Gasteiger partial charge >= 0.3 is 5.97 Å². The third-order valence-corrected chi connectivity index (χ3v) is 2.25. The lowest BCUT2D eigenvalue weighted by Gasteiger charge is -2.07. The van der Waals surface area contributed by atoms with Crippen molar-refractivity contribution in [2.24, 2.45) is 0 Å². The smallest absolute Gasteiger partial charge is 0.310 e. The highest BCUT2D eigenvalue weighted by Gasteiger charge is 2.07. The standard InChI is InChI=1S/C9H10BrNO3/c1-14-9(12)4-6-2-3-7(10)5-8(6)11-13/h2-3,5,11,13H,4H2,1H3. The van der Waals surface area contributed by atoms with E-state index in [1.807, 2.05) is 5.48 Å². The van der Waals surface area contributed by atoms with Crippen LogP contribution in [-0.2, 0) is 16.0 Å². The highest BCUT2D eigenvalue weighted by Crippen LogP contribution is 2.21. The number of hydrogen-bond donors (Lipinski definition) is 2. The van der Waals surface area contributed by atoms with Gasteiger partial charge in [0, 0.05) is 4.47 Å². The Morgan fingerprint density at radius 3 is 2.93 bits per heavy atom. The van der Waals surface area contributed by atoms with Crippen LogP contribution in [0.1, 0.15) is 5.56 Å². The summed E-state index contributed by atoms with van der Waals surface area (Å²) in [4.78, 5) is 11.0. The molecule has 76 valence electrons. The van der Waals surface area contributed by atoms with E-state index in [-0.39, 0.29) is 12.4 Å². The number of ether oxygens (including phenoxy) is 1. The van der Waals surface area contributed by atoms with Crippen LogP contribution in [0.3, 0.4) is 0 Å². The van der Waals surface area contributed by atoms with Gasteiger partial charge in [-0.05, 0) is 17.7 Å². The van der Waals surface area contributed by atoms with Gasteiger partial charge in [-0.25, -0.2) is 0 Å². The fourth-order valence-corrected chi connectivity index (χ4v) is 1.40. The molecule has 0 fully saturated rings. The second-order valence-corrected chi connectivity index (χ2v) is 3.58. The molecule has 0 unspecified atom stereocenters. The van der Waals surface area contributed by atoms with Gasteiger partial charge in [0.1, 0.15) is 0 Å². The summed E-state index contributed by atoms with van der Waals surface area (Å²) in [5.74, 6) is -0.344. The molecular formula is C9H10BrNO3. The van der Waals surface area contributed by atoms with Crippen LogP contribution in [-0.4, -0.2) is 18.3 Å². The first-order valence-corrected chi connectivity index (χ1v) is 4.72. The van der Waals surface area contributed by atoms with E-state index in [2.05, 4.69) is 20.7 Å². The van der Waals surface area contributed by atoms with Crippen molar-refractivity contribution in [3.63, 3.8) is 0 Å². The Bertz CT molecular complexity index is 341. The van der Waals surface area contributed by atoms with Gasteiger partial charge in [0.25, 0.3) is 0 Å². The second kappa shape index (κ2) is 4.97. The predicted octanol–water partition coefficient (Wildman–Crippen LogP) is 1.97. The van der Waals surface area contributed by atoms with Gasteiger partial charge in [0.15, 0.2) is 0 Å². The molecule has 0 amide bonds. The van der Waals surface area contributed by atoms with Crippen molar-refractivity contribution in [3.05, 3.63) is 28.2 Å². The molecule has 0 heterocycles. The van der Waals surface area contributed by atoms with Gasteiger partial charge in [-0.2, -0.15) is 0 Å². The average Bonchev–Trinajstić information content (AvgIpc) is 2.20. The topological polar surface area (TPSA) is 58.6 Å². The number of halogens is 1. The van der Waals surface area contributed by atoms with Crippen LogP contribution in [0.25, 0.3) is 0 Å². The molecule has 4 nitrogen and oxygen atoms in total. The Kier molecular flexibility index (Phi) is 3.91. The minimum atomic E-state index is -0.344. The van der Waals surface area contributed by atoms with E-state index in [1.54, 1.807) is 18.2 Å². The molecular weight excluding hydrogens is 250 g/mol. The highest BCUT2D eigenvalue weighted by atomic mass is 79.9. The van der Waals surface area contributed by atoms with E-state index >= 15 is 0 Å². The zero-order valence-electron chi connectivity index (χ0n) is 7.58. The molecule has 0 bridgehead atoms. The van der Waals surface area contributed by atoms with Crippen molar-refractivity contribution in [2.75, 3.05) is 12.6 Å². The fraction of sp³-hybridized carbons (Fsp3) is 0.222. The fourth-order valence-electron chi connectivity index (χ4n) is 1.03. The van der Waals surface area contributed by atoms with Crippen molar-refractivity contribution in [3.8, 4) is 0 Å². The van der Waals surface area contributed by atoms with E-state index in [4.69, 9.17) is 5.21 Å². The van der Waals surface area contributed by atoms with Crippen LogP contribution >= 0.6 is 15.9 Å². The van der Waals surface area contributed by atoms with Crippen molar-refractivity contribution < 1.29 is 14.7 Å². The normalized spacial score (nSPS) is 9.64. The Labute approximate surface area is 90.0 Å². The summed E-state index contributed by atoms with van der Waals surface area (Å²) in [5, 5.41) is 8.81. The van der Waals surface area contributed by atoms with E-state index in [1.165, 1.54) is 7.11 Å². The first kappa shape index (κ1) is 11.0. The predicted molar refractivity (Wildman–Crippen MR) is 55.3 cm³/mol. The summed E-state index contributed by atoms with van der Waals surface area (Å²) in [5.41, 5.74) is 3.20. The number of carbonyl (C=O) groups is 1. The van der Waals surface area contributed by atoms with Crippen molar-refractivity contribution in [1.29, 1.82) is 0 Å². The molecule has 0 radical (unpaired) electrons. The molecule has 0 atom stereocenters. The quantitative estimate of drug-likeness (QED) is 0.644. The van der Waals surface area contributed by atoms with Crippen molar-refractivity contribution in [2.45, 2.75) is 6.42 Å². The van der Waals surface area contributed by atoms with E-state index < -0.39 is 0 Å². The number of benzene rings is 1. The SMILES string of the molecule is COC(=O)Cc1ccc(Br)cc1NO. The molecule has 0 saturated heterocycles. The summed E-state index contributed by atoms with van der Waals surface area (Å²) in [6, 6.07) is 5.21. The molecule has 0 aliphatic heterocycles. The Balaban J connectivity index is 2.90. The van der Waals surface area contributed by atoms with Crippen LogP contribution < -0.4 is 5.48 Å². The van der Waals surface area contributed by atoms with E-state index in [9.17, 15) is 4.79 Å². The lowest BCUT2D eigenvalue weighted by Crippen LogP contribution is -2.06. The third kappa shape index (κ3) is 2.71. The number of esters is 1. The molecule has 0 aliphatic rings. The molecule has 14 heavy (non-hydrogen) atoms. The number of hydrogen-bond acceptors (Lipinski definition) is 4. The number of rotatable bonds is 3. The number of nitrogens with one attached hydrogen (secondary N) is 1. The molecule has 0 aromatic heterocycles. The van der Waals surface area contributed by atoms with Crippen molar-refractivity contribution >= 4 is 27.6 Å². The van der Waals surface area contributed by atoms with Crippen LogP contribution in [0.2, 0.25) is 0 Å². The highest BCUT2D eigenvalue weighted by molar-refractivity contribution is 9.10. The number of anilines is 1. The molecule has 0 aliphatic carbocycles. The zero-order chi connectivity index (χ0) is 10.6. The van der Waals surface area contributed by atoms with Crippen LogP contribution in [0.5, 0.6) is 0 Å². The Morgan fingerprint density at radius 2 is 2.36 bits per heavy atom. The molecule has 1 rings (SSSR count). The maximum atomic E-state index is 11.0. The molecule has 0 spiro atoms. The molecule has 2 N–H and O–H groups in total. The molecule has 5 heteroatoms. The van der Waals surface area contributed by atoms with Gasteiger partial charge in [0.2, 0.25) is 0 Å². The van der Waals surface area contributed by atoms with Gasteiger partial charge < -0.3 is 4.74 Å². The van der Waals surface area contributed by atoms with Crippen LogP contribution in [0.4, 0.5) is 5.69 Å². The Hall–Kier alpha value is -1.07. The molecule has 0 saturated carbocycles. The van der Waals surface area contributed by atoms with E-state index in [0.29, 0.717) is 11.3 Å². The van der Waals surface area contributed by atoms with Gasteiger partial charge in [0.05, 0.1) is 19.2 Å². The summed E-state index contributed by atoms with van der Waals surface area (Å²) in [7, 11) is 1.33. The largest absolute Gasteiger partial charge is 0.469 e. The first-order valence-electron chi connectivity index (χ1n) is 3.92. The second-order valence-electron chi connectivity index (χ2n) is 2.67. The Morgan fingerprint density at radius 1 is 1.64 bits per heavy atom. The number of carbonyl (C=O) groups excluding carboxylic acids is 1. The van der Waals surface area contributed by atoms with Crippen LogP contribution in [0.15, 0.2) is 22.7 Å². The lowest BCUT2D eigenvalue weighted by atomic mass is 10.1. The van der Waals surface area contributed by atoms with Gasteiger partial charge in [-0.1, -0.05) is 22.0 Å². The minimum Gasteiger partial charge on any atom is -0.469 e. The van der Waals surface area contributed by atoms with Crippen LogP contribution in [0, 0.1) is 0 Å². The monoisotopic (exact) mass is 259 g/mol. The molecule has 1 aromatic carbocycles. The summed E-state index contributed by atoms with van der Waals surface area (Å²) < 4.78 is 5.35.